The lowest BCUT2D eigenvalue weighted by Gasteiger charge is -2.35. The second-order valence-electron chi connectivity index (χ2n) is 3.82. The Bertz CT molecular complexity index is 197. The molecule has 15 heavy (non-hydrogen) atoms. The fourth-order valence-electron chi connectivity index (χ4n) is 1.98. The predicted octanol–water partition coefficient (Wildman–Crippen LogP) is 3.15. The Morgan fingerprint density at radius 1 is 1.33 bits per heavy atom. The summed E-state index contributed by atoms with van der Waals surface area (Å²) in [6.45, 7) is 4.65. The summed E-state index contributed by atoms with van der Waals surface area (Å²) in [4.78, 5) is 11.2. The van der Waals surface area contributed by atoms with Crippen LogP contribution in [0.1, 0.15) is 46.0 Å². The quantitative estimate of drug-likeness (QED) is 0.755. The van der Waals surface area contributed by atoms with Gasteiger partial charge in [0.25, 0.3) is 0 Å². The highest BCUT2D eigenvalue weighted by Gasteiger charge is 2.35. The van der Waals surface area contributed by atoms with E-state index in [1.54, 1.807) is 11.8 Å². The minimum absolute atomic E-state index is 0.244. The summed E-state index contributed by atoms with van der Waals surface area (Å²) in [7, 11) is 0. The molecule has 0 unspecified atom stereocenters. The summed E-state index contributed by atoms with van der Waals surface area (Å²) < 4.78 is 5.57. The van der Waals surface area contributed by atoms with Gasteiger partial charge in [-0.3, -0.25) is 0 Å². The summed E-state index contributed by atoms with van der Waals surface area (Å²) in [5.41, 5.74) is 0. The average Bonchev–Trinajstić information content (AvgIpc) is 2.19. The molecule has 0 aromatic carbocycles. The van der Waals surface area contributed by atoms with Crippen molar-refractivity contribution in [1.29, 1.82) is 0 Å². The lowest BCUT2D eigenvalue weighted by molar-refractivity contribution is 0.0520. The lowest BCUT2D eigenvalue weighted by Crippen LogP contribution is -2.38. The molecule has 1 amide bonds. The van der Waals surface area contributed by atoms with Crippen LogP contribution in [-0.4, -0.2) is 23.3 Å². The standard InChI is InChI=1S/C11H21NO2S/c1-3-12-10(13)14-11(15-4-2)8-6-5-7-9-11/h3-9H2,1-2H3,(H,12,13). The van der Waals surface area contributed by atoms with Crippen LogP contribution in [0, 0.1) is 0 Å². The van der Waals surface area contributed by atoms with Crippen molar-refractivity contribution in [3.63, 3.8) is 0 Å². The normalized spacial score (nSPS) is 19.6. The second kappa shape index (κ2) is 6.26. The number of rotatable bonds is 4. The van der Waals surface area contributed by atoms with E-state index in [9.17, 15) is 4.79 Å². The van der Waals surface area contributed by atoms with Gasteiger partial charge in [-0.2, -0.15) is 0 Å². The van der Waals surface area contributed by atoms with E-state index >= 15 is 0 Å². The number of thioether (sulfide) groups is 1. The number of hydrogen-bond acceptors (Lipinski definition) is 3. The Kier molecular flexibility index (Phi) is 5.29. The molecule has 1 fully saturated rings. The molecule has 0 atom stereocenters. The van der Waals surface area contributed by atoms with E-state index in [0.29, 0.717) is 6.54 Å². The maximum atomic E-state index is 11.4. The van der Waals surface area contributed by atoms with Crippen molar-refractivity contribution >= 4 is 17.9 Å². The summed E-state index contributed by atoms with van der Waals surface area (Å²) in [6.07, 6.45) is 5.36. The summed E-state index contributed by atoms with van der Waals surface area (Å²) in [5.74, 6) is 0.999. The van der Waals surface area contributed by atoms with Crippen molar-refractivity contribution in [2.24, 2.45) is 0 Å². The Morgan fingerprint density at radius 3 is 2.53 bits per heavy atom. The van der Waals surface area contributed by atoms with E-state index in [4.69, 9.17) is 4.74 Å². The van der Waals surface area contributed by atoms with Gasteiger partial charge in [-0.25, -0.2) is 4.79 Å². The monoisotopic (exact) mass is 231 g/mol. The third-order valence-corrected chi connectivity index (χ3v) is 3.93. The highest BCUT2D eigenvalue weighted by Crippen LogP contribution is 2.40. The third-order valence-electron chi connectivity index (χ3n) is 2.62. The number of ether oxygens (including phenoxy) is 1. The molecule has 0 bridgehead atoms. The highest BCUT2D eigenvalue weighted by atomic mass is 32.2. The average molecular weight is 231 g/mol. The summed E-state index contributed by atoms with van der Waals surface area (Å²) in [5, 5.41) is 2.70. The molecular weight excluding hydrogens is 210 g/mol. The number of amides is 1. The van der Waals surface area contributed by atoms with E-state index in [2.05, 4.69) is 12.2 Å². The van der Waals surface area contributed by atoms with Crippen molar-refractivity contribution in [3.05, 3.63) is 0 Å². The number of nitrogens with one attached hydrogen (secondary N) is 1. The van der Waals surface area contributed by atoms with Gasteiger partial charge in [-0.15, -0.1) is 11.8 Å². The van der Waals surface area contributed by atoms with Crippen LogP contribution in [0.15, 0.2) is 0 Å². The molecule has 0 radical (unpaired) electrons. The van der Waals surface area contributed by atoms with Gasteiger partial charge < -0.3 is 10.1 Å². The molecule has 1 aliphatic carbocycles. The minimum Gasteiger partial charge on any atom is -0.432 e. The summed E-state index contributed by atoms with van der Waals surface area (Å²) in [6, 6.07) is 0. The van der Waals surface area contributed by atoms with Gasteiger partial charge in [0.15, 0.2) is 4.93 Å². The molecular formula is C11H21NO2S. The Morgan fingerprint density at radius 2 is 2.00 bits per heavy atom. The van der Waals surface area contributed by atoms with Crippen molar-refractivity contribution < 1.29 is 9.53 Å². The molecule has 1 rings (SSSR count). The van der Waals surface area contributed by atoms with E-state index in [1.165, 1.54) is 19.3 Å². The minimum atomic E-state index is -0.264. The lowest BCUT2D eigenvalue weighted by atomic mass is 9.97. The van der Waals surface area contributed by atoms with Gasteiger partial charge in [0.05, 0.1) is 0 Å². The molecule has 0 aliphatic heterocycles. The zero-order valence-corrected chi connectivity index (χ0v) is 10.5. The molecule has 1 N–H and O–H groups in total. The molecule has 3 nitrogen and oxygen atoms in total. The van der Waals surface area contributed by atoms with Crippen molar-refractivity contribution in [2.75, 3.05) is 12.3 Å². The molecule has 0 heterocycles. The Balaban J connectivity index is 2.51. The number of carbonyl (C=O) groups is 1. The Hall–Kier alpha value is -0.380. The fourth-order valence-corrected chi connectivity index (χ4v) is 3.22. The SMILES string of the molecule is CCNC(=O)OC1(SCC)CCCCC1. The first-order chi connectivity index (χ1) is 7.22. The predicted molar refractivity (Wildman–Crippen MR) is 64.1 cm³/mol. The first kappa shape index (κ1) is 12.7. The smallest absolute Gasteiger partial charge is 0.408 e. The third kappa shape index (κ3) is 3.93. The van der Waals surface area contributed by atoms with Crippen LogP contribution < -0.4 is 5.32 Å². The van der Waals surface area contributed by atoms with E-state index in [-0.39, 0.29) is 11.0 Å². The van der Waals surface area contributed by atoms with E-state index in [1.807, 2.05) is 6.92 Å². The van der Waals surface area contributed by atoms with Gasteiger partial charge in [-0.1, -0.05) is 13.3 Å². The van der Waals surface area contributed by atoms with Crippen molar-refractivity contribution in [3.8, 4) is 0 Å². The van der Waals surface area contributed by atoms with Crippen LogP contribution in [0.2, 0.25) is 0 Å². The molecule has 0 aromatic heterocycles. The molecule has 0 saturated heterocycles. The van der Waals surface area contributed by atoms with Gasteiger partial charge in [0.1, 0.15) is 0 Å². The van der Waals surface area contributed by atoms with Crippen molar-refractivity contribution in [1.82, 2.24) is 5.32 Å². The van der Waals surface area contributed by atoms with Gasteiger partial charge >= 0.3 is 6.09 Å². The van der Waals surface area contributed by atoms with Gasteiger partial charge in [0.2, 0.25) is 0 Å². The van der Waals surface area contributed by atoms with Crippen LogP contribution in [-0.2, 0) is 4.74 Å². The zero-order chi connectivity index (χ0) is 11.1. The van der Waals surface area contributed by atoms with Crippen LogP contribution in [0.25, 0.3) is 0 Å². The first-order valence-electron chi connectivity index (χ1n) is 5.83. The van der Waals surface area contributed by atoms with Crippen LogP contribution >= 0.6 is 11.8 Å². The largest absolute Gasteiger partial charge is 0.432 e. The number of carbonyl (C=O) groups excluding carboxylic acids is 1. The Labute approximate surface area is 96.3 Å². The second-order valence-corrected chi connectivity index (χ2v) is 5.43. The van der Waals surface area contributed by atoms with E-state index in [0.717, 1.165) is 18.6 Å². The maximum Gasteiger partial charge on any atom is 0.408 e. The van der Waals surface area contributed by atoms with Crippen LogP contribution in [0.5, 0.6) is 0 Å². The first-order valence-corrected chi connectivity index (χ1v) is 6.82. The highest BCUT2D eigenvalue weighted by molar-refractivity contribution is 8.00. The van der Waals surface area contributed by atoms with Crippen LogP contribution in [0.3, 0.4) is 0 Å². The molecule has 1 aliphatic rings. The van der Waals surface area contributed by atoms with Gasteiger partial charge in [-0.05, 0) is 38.4 Å². The molecule has 1 saturated carbocycles. The topological polar surface area (TPSA) is 38.3 Å². The number of hydrogen-bond donors (Lipinski definition) is 1. The van der Waals surface area contributed by atoms with Crippen LogP contribution in [0.4, 0.5) is 4.79 Å². The van der Waals surface area contributed by atoms with E-state index < -0.39 is 0 Å². The molecule has 88 valence electrons. The fraction of sp³-hybridized carbons (Fsp3) is 0.909. The molecule has 4 heteroatoms. The summed E-state index contributed by atoms with van der Waals surface area (Å²) >= 11 is 1.77. The zero-order valence-electron chi connectivity index (χ0n) is 9.67. The molecule has 0 aromatic rings. The van der Waals surface area contributed by atoms with Crippen molar-refractivity contribution in [2.45, 2.75) is 50.9 Å². The maximum absolute atomic E-state index is 11.4. The van der Waals surface area contributed by atoms with Gasteiger partial charge in [0, 0.05) is 6.54 Å². The molecule has 0 spiro atoms. The number of alkyl carbamates (subject to hydrolysis) is 1.